The van der Waals surface area contributed by atoms with Crippen LogP contribution in [0.2, 0.25) is 0 Å². The zero-order valence-corrected chi connectivity index (χ0v) is 21.0. The van der Waals surface area contributed by atoms with Gasteiger partial charge in [-0.05, 0) is 42.2 Å². The molecule has 0 spiro atoms. The Labute approximate surface area is 209 Å². The second kappa shape index (κ2) is 10.6. The number of carbonyl (C=O) groups is 2. The van der Waals surface area contributed by atoms with Gasteiger partial charge in [-0.15, -0.1) is 0 Å². The number of hydrogen-bond donors (Lipinski definition) is 2. The minimum absolute atomic E-state index is 0.0287. The predicted molar refractivity (Wildman–Crippen MR) is 126 cm³/mol. The van der Waals surface area contributed by atoms with Crippen molar-refractivity contribution in [3.8, 4) is 5.75 Å². The Morgan fingerprint density at radius 3 is 2.44 bits per heavy atom. The van der Waals surface area contributed by atoms with Gasteiger partial charge in [-0.25, -0.2) is 4.79 Å². The topological polar surface area (TPSA) is 126 Å². The van der Waals surface area contributed by atoms with Crippen molar-refractivity contribution in [2.24, 2.45) is 0 Å². The van der Waals surface area contributed by atoms with E-state index in [1.54, 1.807) is 12.1 Å². The standard InChI is InChI=1S/C26H33NO9/c1-14(23(29)30)33-22-20(27-15(2)28)25(34-17-10-8-16(9-11-17)26(3,4)5)35-19-13-32-24(36-21(19)22)18-7-6-12-31-18/h6-12,14,19-22,24-25H,13H2,1-5H3,(H,27,28)(H,29,30). The van der Waals surface area contributed by atoms with Crippen LogP contribution in [0.5, 0.6) is 5.75 Å². The second-order valence-corrected chi connectivity index (χ2v) is 10.0. The van der Waals surface area contributed by atoms with E-state index in [0.717, 1.165) is 5.56 Å². The summed E-state index contributed by atoms with van der Waals surface area (Å²) in [6.07, 6.45) is -3.84. The van der Waals surface area contributed by atoms with Gasteiger partial charge in [0.1, 0.15) is 30.1 Å². The molecule has 0 saturated carbocycles. The molecule has 196 valence electrons. The van der Waals surface area contributed by atoms with Gasteiger partial charge in [0.05, 0.1) is 12.9 Å². The fourth-order valence-electron chi connectivity index (χ4n) is 4.25. The van der Waals surface area contributed by atoms with Crippen LogP contribution in [0.1, 0.15) is 52.2 Å². The van der Waals surface area contributed by atoms with Crippen molar-refractivity contribution in [3.63, 3.8) is 0 Å². The van der Waals surface area contributed by atoms with E-state index >= 15 is 0 Å². The molecule has 10 nitrogen and oxygen atoms in total. The van der Waals surface area contributed by atoms with Crippen LogP contribution in [-0.4, -0.2) is 60.3 Å². The summed E-state index contributed by atoms with van der Waals surface area (Å²) in [5, 5.41) is 12.3. The molecule has 10 heteroatoms. The molecular formula is C26H33NO9. The number of carboxylic acids is 1. The maximum atomic E-state index is 12.2. The van der Waals surface area contributed by atoms with Crippen LogP contribution < -0.4 is 10.1 Å². The second-order valence-electron chi connectivity index (χ2n) is 10.0. The van der Waals surface area contributed by atoms with Gasteiger partial charge >= 0.3 is 5.97 Å². The van der Waals surface area contributed by atoms with Gasteiger partial charge in [-0.1, -0.05) is 32.9 Å². The maximum Gasteiger partial charge on any atom is 0.332 e. The highest BCUT2D eigenvalue weighted by Crippen LogP contribution is 2.37. The highest BCUT2D eigenvalue weighted by atomic mass is 16.8. The van der Waals surface area contributed by atoms with E-state index < -0.39 is 49.0 Å². The zero-order valence-electron chi connectivity index (χ0n) is 21.0. The first-order valence-corrected chi connectivity index (χ1v) is 11.9. The van der Waals surface area contributed by atoms with Crippen LogP contribution in [0.15, 0.2) is 47.1 Å². The average Bonchev–Trinajstić information content (AvgIpc) is 3.35. The molecule has 2 aliphatic rings. The fourth-order valence-corrected chi connectivity index (χ4v) is 4.25. The number of ether oxygens (including phenoxy) is 5. The highest BCUT2D eigenvalue weighted by Gasteiger charge is 2.53. The smallest absolute Gasteiger partial charge is 0.332 e. The van der Waals surface area contributed by atoms with E-state index in [0.29, 0.717) is 11.5 Å². The van der Waals surface area contributed by atoms with Crippen LogP contribution >= 0.6 is 0 Å². The SMILES string of the molecule is CC(=O)NC1C(Oc2ccc(C(C)(C)C)cc2)OC2COC(c3ccco3)OC2C1OC(C)C(=O)O. The van der Waals surface area contributed by atoms with E-state index in [1.165, 1.54) is 20.1 Å². The third kappa shape index (κ3) is 5.89. The van der Waals surface area contributed by atoms with E-state index in [1.807, 2.05) is 24.3 Å². The number of carboxylic acid groups (broad SMARTS) is 1. The van der Waals surface area contributed by atoms with Crippen LogP contribution in [0.3, 0.4) is 0 Å². The zero-order chi connectivity index (χ0) is 26.0. The molecule has 4 rings (SSSR count). The molecule has 3 heterocycles. The Morgan fingerprint density at radius 1 is 1.14 bits per heavy atom. The summed E-state index contributed by atoms with van der Waals surface area (Å²) in [6, 6.07) is 10.1. The molecular weight excluding hydrogens is 470 g/mol. The Kier molecular flexibility index (Phi) is 7.70. The van der Waals surface area contributed by atoms with Crippen molar-refractivity contribution < 1.29 is 42.8 Å². The number of aliphatic carboxylic acids is 1. The summed E-state index contributed by atoms with van der Waals surface area (Å²) >= 11 is 0. The molecule has 1 aromatic heterocycles. The van der Waals surface area contributed by atoms with Crippen LogP contribution in [-0.2, 0) is 34.0 Å². The third-order valence-electron chi connectivity index (χ3n) is 6.17. The molecule has 2 aliphatic heterocycles. The molecule has 2 N–H and O–H groups in total. The van der Waals surface area contributed by atoms with Gasteiger partial charge in [0, 0.05) is 6.92 Å². The van der Waals surface area contributed by atoms with Crippen LogP contribution in [0.25, 0.3) is 0 Å². The normalized spacial score (nSPS) is 29.1. The van der Waals surface area contributed by atoms with Gasteiger partial charge in [0.25, 0.3) is 0 Å². The Morgan fingerprint density at radius 2 is 1.86 bits per heavy atom. The highest BCUT2D eigenvalue weighted by molar-refractivity contribution is 5.73. The van der Waals surface area contributed by atoms with E-state index in [-0.39, 0.29) is 17.9 Å². The number of rotatable bonds is 7. The molecule has 7 atom stereocenters. The summed E-state index contributed by atoms with van der Waals surface area (Å²) in [6.45, 7) is 9.24. The van der Waals surface area contributed by atoms with E-state index in [2.05, 4.69) is 26.1 Å². The Hall–Kier alpha value is -2.92. The minimum atomic E-state index is -1.18. The fraction of sp³-hybridized carbons (Fsp3) is 0.538. The monoisotopic (exact) mass is 503 g/mol. The minimum Gasteiger partial charge on any atom is -0.479 e. The quantitative estimate of drug-likeness (QED) is 0.586. The first kappa shape index (κ1) is 26.2. The molecule has 0 bridgehead atoms. The van der Waals surface area contributed by atoms with Crippen molar-refractivity contribution in [2.45, 2.75) is 83.1 Å². The summed E-state index contributed by atoms with van der Waals surface area (Å²) in [5.74, 6) is -0.528. The maximum absolute atomic E-state index is 12.2. The number of fused-ring (bicyclic) bond motifs is 1. The molecule has 0 radical (unpaired) electrons. The van der Waals surface area contributed by atoms with Crippen molar-refractivity contribution in [2.75, 3.05) is 6.61 Å². The number of furan rings is 1. The molecule has 0 aliphatic carbocycles. The lowest BCUT2D eigenvalue weighted by Crippen LogP contribution is -2.68. The molecule has 1 aromatic carbocycles. The van der Waals surface area contributed by atoms with Crippen molar-refractivity contribution >= 4 is 11.9 Å². The Bertz CT molecular complexity index is 1030. The Balaban J connectivity index is 1.62. The number of hydrogen-bond acceptors (Lipinski definition) is 8. The van der Waals surface area contributed by atoms with Gasteiger partial charge in [0.2, 0.25) is 18.5 Å². The lowest BCUT2D eigenvalue weighted by molar-refractivity contribution is -0.343. The van der Waals surface area contributed by atoms with Gasteiger partial charge in [-0.3, -0.25) is 4.79 Å². The van der Waals surface area contributed by atoms with E-state index in [9.17, 15) is 14.7 Å². The molecule has 7 unspecified atom stereocenters. The third-order valence-corrected chi connectivity index (χ3v) is 6.17. The summed E-state index contributed by atoms with van der Waals surface area (Å²) < 4.78 is 35.7. The van der Waals surface area contributed by atoms with Crippen molar-refractivity contribution in [3.05, 3.63) is 54.0 Å². The average molecular weight is 504 g/mol. The van der Waals surface area contributed by atoms with Gasteiger partial charge < -0.3 is 38.5 Å². The van der Waals surface area contributed by atoms with Gasteiger partial charge in [0.15, 0.2) is 11.9 Å². The molecule has 1 amide bonds. The number of amides is 1. The van der Waals surface area contributed by atoms with Crippen LogP contribution in [0.4, 0.5) is 0 Å². The first-order valence-electron chi connectivity index (χ1n) is 11.9. The van der Waals surface area contributed by atoms with Crippen molar-refractivity contribution in [1.82, 2.24) is 5.32 Å². The van der Waals surface area contributed by atoms with Crippen molar-refractivity contribution in [1.29, 1.82) is 0 Å². The molecule has 2 aromatic rings. The van der Waals surface area contributed by atoms with Gasteiger partial charge in [-0.2, -0.15) is 0 Å². The number of nitrogens with one attached hydrogen (secondary N) is 1. The lowest BCUT2D eigenvalue weighted by Gasteiger charge is -2.49. The number of benzene rings is 1. The van der Waals surface area contributed by atoms with Crippen LogP contribution in [0, 0.1) is 0 Å². The summed E-state index contributed by atoms with van der Waals surface area (Å²) in [4.78, 5) is 23.8. The summed E-state index contributed by atoms with van der Waals surface area (Å²) in [7, 11) is 0. The largest absolute Gasteiger partial charge is 0.479 e. The predicted octanol–water partition coefficient (Wildman–Crippen LogP) is 3.16. The van der Waals surface area contributed by atoms with E-state index in [4.69, 9.17) is 28.1 Å². The molecule has 2 fully saturated rings. The molecule has 36 heavy (non-hydrogen) atoms. The lowest BCUT2D eigenvalue weighted by atomic mass is 9.87. The first-order chi connectivity index (χ1) is 17.0. The number of carbonyl (C=O) groups excluding carboxylic acids is 1. The molecule has 2 saturated heterocycles. The summed E-state index contributed by atoms with van der Waals surface area (Å²) in [5.41, 5.74) is 1.10.